The predicted octanol–water partition coefficient (Wildman–Crippen LogP) is 4.22. The largest absolute Gasteiger partial charge is 0.391 e. The van der Waals surface area contributed by atoms with Crippen molar-refractivity contribution in [1.82, 2.24) is 4.90 Å². The average molecular weight is 281 g/mol. The van der Waals surface area contributed by atoms with Crippen LogP contribution in [0.2, 0.25) is 0 Å². The highest BCUT2D eigenvalue weighted by Gasteiger charge is 2.33. The second-order valence-electron chi connectivity index (χ2n) is 7.22. The van der Waals surface area contributed by atoms with Crippen molar-refractivity contribution in [2.45, 2.75) is 90.2 Å². The normalized spacial score (nSPS) is 36.8. The van der Waals surface area contributed by atoms with Crippen molar-refractivity contribution in [2.24, 2.45) is 11.8 Å². The fraction of sp³-hybridized carbons (Fsp3) is 1.00. The summed E-state index contributed by atoms with van der Waals surface area (Å²) in [5.74, 6) is 1.81. The van der Waals surface area contributed by atoms with Crippen molar-refractivity contribution >= 4 is 0 Å². The maximum atomic E-state index is 10.4. The van der Waals surface area contributed by atoms with Crippen LogP contribution in [0, 0.1) is 11.8 Å². The molecule has 118 valence electrons. The molecule has 1 heterocycles. The van der Waals surface area contributed by atoms with Crippen molar-refractivity contribution in [3.63, 3.8) is 0 Å². The fourth-order valence-electron chi connectivity index (χ4n) is 4.49. The van der Waals surface area contributed by atoms with Crippen LogP contribution in [0.3, 0.4) is 0 Å². The Hall–Kier alpha value is -0.0800. The maximum absolute atomic E-state index is 10.4. The van der Waals surface area contributed by atoms with E-state index in [1.807, 2.05) is 0 Å². The highest BCUT2D eigenvalue weighted by molar-refractivity contribution is 4.88. The third-order valence-corrected chi connectivity index (χ3v) is 5.63. The topological polar surface area (TPSA) is 23.5 Å². The van der Waals surface area contributed by atoms with Crippen LogP contribution in [0.4, 0.5) is 0 Å². The van der Waals surface area contributed by atoms with Gasteiger partial charge in [0.25, 0.3) is 0 Å². The lowest BCUT2D eigenvalue weighted by Crippen LogP contribution is -2.47. The molecule has 0 aromatic rings. The van der Waals surface area contributed by atoms with Gasteiger partial charge in [0.1, 0.15) is 0 Å². The number of hydrogen-bond acceptors (Lipinski definition) is 2. The smallest absolute Gasteiger partial charge is 0.0695 e. The molecular weight excluding hydrogens is 246 g/mol. The molecule has 4 atom stereocenters. The molecule has 0 aromatic carbocycles. The Labute approximate surface area is 125 Å². The van der Waals surface area contributed by atoms with Gasteiger partial charge >= 0.3 is 0 Å². The fourth-order valence-corrected chi connectivity index (χ4v) is 4.49. The van der Waals surface area contributed by atoms with Gasteiger partial charge in [0, 0.05) is 6.04 Å². The molecule has 2 aliphatic rings. The standard InChI is InChI=1S/C18H35NO/c1-3-6-15-8-5-12-19(13-11-15)17-14-16(7-4-2)9-10-18(17)20/h15-18,20H,3-14H2,1-2H3. The van der Waals surface area contributed by atoms with Crippen LogP contribution in [0.5, 0.6) is 0 Å². The van der Waals surface area contributed by atoms with Gasteiger partial charge < -0.3 is 5.11 Å². The molecule has 1 saturated heterocycles. The number of aliphatic hydroxyl groups is 1. The van der Waals surface area contributed by atoms with Gasteiger partial charge in [-0.1, -0.05) is 39.5 Å². The lowest BCUT2D eigenvalue weighted by molar-refractivity contribution is 0.00249. The number of aliphatic hydroxyl groups excluding tert-OH is 1. The monoisotopic (exact) mass is 281 g/mol. The zero-order valence-electron chi connectivity index (χ0n) is 13.7. The molecule has 4 unspecified atom stereocenters. The van der Waals surface area contributed by atoms with Gasteiger partial charge in [-0.05, 0) is 63.5 Å². The van der Waals surface area contributed by atoms with E-state index in [0.29, 0.717) is 6.04 Å². The molecule has 1 N–H and O–H groups in total. The minimum absolute atomic E-state index is 0.0640. The molecule has 1 aliphatic heterocycles. The number of hydrogen-bond donors (Lipinski definition) is 1. The summed E-state index contributed by atoms with van der Waals surface area (Å²) in [5.41, 5.74) is 0. The van der Waals surface area contributed by atoms with E-state index in [0.717, 1.165) is 18.3 Å². The summed E-state index contributed by atoms with van der Waals surface area (Å²) in [6.45, 7) is 7.05. The van der Waals surface area contributed by atoms with Crippen molar-refractivity contribution in [1.29, 1.82) is 0 Å². The zero-order chi connectivity index (χ0) is 14.4. The van der Waals surface area contributed by atoms with E-state index in [9.17, 15) is 5.11 Å². The summed E-state index contributed by atoms with van der Waals surface area (Å²) >= 11 is 0. The molecule has 0 aromatic heterocycles. The number of nitrogens with zero attached hydrogens (tertiary/aromatic N) is 1. The highest BCUT2D eigenvalue weighted by Crippen LogP contribution is 2.33. The van der Waals surface area contributed by atoms with Gasteiger partial charge in [0.2, 0.25) is 0 Å². The number of likely N-dealkylation sites (tertiary alicyclic amines) is 1. The third-order valence-electron chi connectivity index (χ3n) is 5.63. The van der Waals surface area contributed by atoms with E-state index in [-0.39, 0.29) is 6.10 Å². The van der Waals surface area contributed by atoms with E-state index in [1.165, 1.54) is 70.9 Å². The van der Waals surface area contributed by atoms with E-state index >= 15 is 0 Å². The first-order valence-electron chi connectivity index (χ1n) is 9.16. The highest BCUT2D eigenvalue weighted by atomic mass is 16.3. The SMILES string of the molecule is CCCC1CCCN(C2CC(CCC)CCC2O)CC1. The predicted molar refractivity (Wildman–Crippen MR) is 85.9 cm³/mol. The van der Waals surface area contributed by atoms with Crippen molar-refractivity contribution in [3.8, 4) is 0 Å². The molecule has 2 fully saturated rings. The minimum Gasteiger partial charge on any atom is -0.391 e. The molecule has 2 heteroatoms. The molecule has 2 rings (SSSR count). The Morgan fingerprint density at radius 1 is 0.900 bits per heavy atom. The summed E-state index contributed by atoms with van der Waals surface area (Å²) in [6.07, 6.45) is 12.9. The molecule has 2 nitrogen and oxygen atoms in total. The number of rotatable bonds is 5. The molecule has 0 amide bonds. The Balaban J connectivity index is 1.88. The van der Waals surface area contributed by atoms with Crippen LogP contribution in [0.25, 0.3) is 0 Å². The van der Waals surface area contributed by atoms with Crippen LogP contribution in [0.15, 0.2) is 0 Å². The maximum Gasteiger partial charge on any atom is 0.0695 e. The van der Waals surface area contributed by atoms with Gasteiger partial charge in [0.15, 0.2) is 0 Å². The molecule has 0 bridgehead atoms. The summed E-state index contributed by atoms with van der Waals surface area (Å²) in [6, 6.07) is 0.459. The molecule has 0 spiro atoms. The first-order chi connectivity index (χ1) is 9.74. The van der Waals surface area contributed by atoms with Crippen LogP contribution < -0.4 is 0 Å². The molecule has 1 aliphatic carbocycles. The second kappa shape index (κ2) is 8.38. The van der Waals surface area contributed by atoms with Crippen molar-refractivity contribution in [3.05, 3.63) is 0 Å². The Bertz CT molecular complexity index is 268. The Morgan fingerprint density at radius 2 is 1.65 bits per heavy atom. The summed E-state index contributed by atoms with van der Waals surface area (Å²) in [7, 11) is 0. The van der Waals surface area contributed by atoms with Crippen LogP contribution >= 0.6 is 0 Å². The van der Waals surface area contributed by atoms with Crippen LogP contribution in [-0.2, 0) is 0 Å². The molecular formula is C18H35NO. The first kappa shape index (κ1) is 16.3. The van der Waals surface area contributed by atoms with Gasteiger partial charge in [-0.3, -0.25) is 4.90 Å². The molecule has 1 saturated carbocycles. The second-order valence-corrected chi connectivity index (χ2v) is 7.22. The van der Waals surface area contributed by atoms with Crippen molar-refractivity contribution in [2.75, 3.05) is 13.1 Å². The summed E-state index contributed by atoms with van der Waals surface area (Å²) in [4.78, 5) is 2.64. The Morgan fingerprint density at radius 3 is 2.40 bits per heavy atom. The molecule has 0 radical (unpaired) electrons. The van der Waals surface area contributed by atoms with E-state index in [2.05, 4.69) is 18.7 Å². The summed E-state index contributed by atoms with van der Waals surface area (Å²) in [5, 5.41) is 10.4. The zero-order valence-corrected chi connectivity index (χ0v) is 13.7. The van der Waals surface area contributed by atoms with Gasteiger partial charge in [-0.25, -0.2) is 0 Å². The third kappa shape index (κ3) is 4.46. The summed E-state index contributed by atoms with van der Waals surface area (Å²) < 4.78 is 0. The lowest BCUT2D eigenvalue weighted by atomic mass is 9.80. The van der Waals surface area contributed by atoms with Gasteiger partial charge in [-0.15, -0.1) is 0 Å². The Kier molecular flexibility index (Phi) is 6.83. The van der Waals surface area contributed by atoms with Crippen LogP contribution in [0.1, 0.15) is 78.1 Å². The van der Waals surface area contributed by atoms with Gasteiger partial charge in [-0.2, -0.15) is 0 Å². The first-order valence-corrected chi connectivity index (χ1v) is 9.16. The van der Waals surface area contributed by atoms with Crippen LogP contribution in [-0.4, -0.2) is 35.2 Å². The lowest BCUT2D eigenvalue weighted by Gasteiger charge is -2.40. The van der Waals surface area contributed by atoms with Crippen molar-refractivity contribution < 1.29 is 5.11 Å². The quantitative estimate of drug-likeness (QED) is 0.815. The minimum atomic E-state index is -0.0640. The van der Waals surface area contributed by atoms with E-state index < -0.39 is 0 Å². The average Bonchev–Trinajstić information content (AvgIpc) is 2.67. The van der Waals surface area contributed by atoms with E-state index in [1.54, 1.807) is 0 Å². The molecule has 20 heavy (non-hydrogen) atoms. The van der Waals surface area contributed by atoms with Gasteiger partial charge in [0.05, 0.1) is 6.10 Å². The van der Waals surface area contributed by atoms with E-state index in [4.69, 9.17) is 0 Å².